The Balaban J connectivity index is 1.25. The van der Waals surface area contributed by atoms with Gasteiger partial charge < -0.3 is 20.4 Å². The molecule has 10 nitrogen and oxygen atoms in total. The number of benzene rings is 1. The number of hydrogen-bond donors (Lipinski definition) is 2. The lowest BCUT2D eigenvalue weighted by Gasteiger charge is -2.31. The van der Waals surface area contributed by atoms with Crippen LogP contribution in [0.4, 0.5) is 11.4 Å². The zero-order valence-electron chi connectivity index (χ0n) is 19.3. The largest absolute Gasteiger partial charge is 0.348 e. The summed E-state index contributed by atoms with van der Waals surface area (Å²) in [5.41, 5.74) is 2.80. The molecule has 3 heterocycles. The predicted molar refractivity (Wildman–Crippen MR) is 128 cm³/mol. The van der Waals surface area contributed by atoms with Crippen LogP contribution in [0, 0.1) is 19.8 Å². The normalized spacial score (nSPS) is 16.6. The summed E-state index contributed by atoms with van der Waals surface area (Å²) >= 11 is 1.11. The number of anilines is 2. The number of carbonyl (C=O) groups is 4. The van der Waals surface area contributed by atoms with E-state index in [4.69, 9.17) is 0 Å². The molecule has 1 aromatic carbocycles. The minimum Gasteiger partial charge on any atom is -0.348 e. The number of aryl methyl sites for hydroxylation is 2. The van der Waals surface area contributed by atoms with Gasteiger partial charge in [0.25, 0.3) is 5.91 Å². The van der Waals surface area contributed by atoms with Crippen LogP contribution in [0.1, 0.15) is 46.6 Å². The molecule has 4 amide bonds. The molecule has 2 fully saturated rings. The first-order valence-corrected chi connectivity index (χ1v) is 12.2. The smallest absolute Gasteiger partial charge is 0.313 e. The van der Waals surface area contributed by atoms with Gasteiger partial charge in [-0.2, -0.15) is 0 Å². The molecule has 0 bridgehead atoms. The van der Waals surface area contributed by atoms with Crippen molar-refractivity contribution < 1.29 is 19.2 Å². The van der Waals surface area contributed by atoms with Crippen molar-refractivity contribution in [1.29, 1.82) is 0 Å². The lowest BCUT2D eigenvalue weighted by atomic mass is 9.96. The first kappa shape index (κ1) is 23.8. The fraction of sp³-hybridized carbons (Fsp3) is 0.478. The zero-order valence-corrected chi connectivity index (χ0v) is 20.1. The van der Waals surface area contributed by atoms with Crippen LogP contribution in [-0.2, 0) is 14.4 Å². The van der Waals surface area contributed by atoms with E-state index in [9.17, 15) is 19.2 Å². The van der Waals surface area contributed by atoms with Crippen LogP contribution in [0.15, 0.2) is 18.2 Å². The van der Waals surface area contributed by atoms with Gasteiger partial charge in [0.05, 0.1) is 5.69 Å². The van der Waals surface area contributed by atoms with Crippen LogP contribution < -0.4 is 15.5 Å². The molecule has 180 valence electrons. The molecule has 0 radical (unpaired) electrons. The second-order valence-electron chi connectivity index (χ2n) is 8.74. The Bertz CT molecular complexity index is 1110. The van der Waals surface area contributed by atoms with Crippen molar-refractivity contribution in [3.05, 3.63) is 34.3 Å². The maximum Gasteiger partial charge on any atom is 0.313 e. The van der Waals surface area contributed by atoms with Gasteiger partial charge in [-0.3, -0.25) is 19.2 Å². The maximum absolute atomic E-state index is 12.6. The molecule has 2 aromatic rings. The molecule has 1 aromatic heterocycles. The molecule has 2 N–H and O–H groups in total. The van der Waals surface area contributed by atoms with E-state index in [1.807, 2.05) is 13.0 Å². The molecular weight excluding hydrogens is 456 g/mol. The third kappa shape index (κ3) is 5.24. The Labute approximate surface area is 201 Å². The molecule has 0 unspecified atom stereocenters. The first-order chi connectivity index (χ1) is 16.3. The van der Waals surface area contributed by atoms with E-state index >= 15 is 0 Å². The number of nitrogens with zero attached hydrogens (tertiary/aromatic N) is 4. The number of amides is 4. The van der Waals surface area contributed by atoms with Gasteiger partial charge in [0.2, 0.25) is 5.91 Å². The lowest BCUT2D eigenvalue weighted by Crippen LogP contribution is -2.43. The van der Waals surface area contributed by atoms with Crippen LogP contribution in [0.2, 0.25) is 0 Å². The summed E-state index contributed by atoms with van der Waals surface area (Å²) in [4.78, 5) is 53.5. The van der Waals surface area contributed by atoms with Crippen LogP contribution in [0.25, 0.3) is 0 Å². The minimum absolute atomic E-state index is 0.0533. The lowest BCUT2D eigenvalue weighted by molar-refractivity contribution is -0.136. The molecular formula is C23H28N6O4S. The highest BCUT2D eigenvalue weighted by molar-refractivity contribution is 7.07. The summed E-state index contributed by atoms with van der Waals surface area (Å²) in [5, 5.41) is 9.22. The number of rotatable bonds is 5. The standard InChI is InChI=1S/C23H28N6O4S/c1-14-5-6-17(12-18(14)29-9-3-4-19(29)30)25-22(32)21(31)24-13-16-7-10-28(11-8-16)23(33)20-15(2)26-27-34-20/h5-6,12,16H,3-4,7-11,13H2,1-2H3,(H,24,31)(H,25,32). The van der Waals surface area contributed by atoms with Gasteiger partial charge in [0.15, 0.2) is 0 Å². The number of aromatic nitrogens is 2. The van der Waals surface area contributed by atoms with Crippen molar-refractivity contribution in [2.24, 2.45) is 5.92 Å². The summed E-state index contributed by atoms with van der Waals surface area (Å²) in [7, 11) is 0. The highest BCUT2D eigenvalue weighted by atomic mass is 32.1. The fourth-order valence-electron chi connectivity index (χ4n) is 4.30. The number of carbonyl (C=O) groups excluding carboxylic acids is 4. The van der Waals surface area contributed by atoms with Crippen LogP contribution in [0.3, 0.4) is 0 Å². The van der Waals surface area contributed by atoms with Gasteiger partial charge in [-0.15, -0.1) is 5.10 Å². The number of hydrogen-bond acceptors (Lipinski definition) is 7. The molecule has 0 spiro atoms. The maximum atomic E-state index is 12.6. The Morgan fingerprint density at radius 2 is 1.88 bits per heavy atom. The Hall–Kier alpha value is -3.34. The highest BCUT2D eigenvalue weighted by Crippen LogP contribution is 2.28. The molecule has 2 saturated heterocycles. The molecule has 2 aliphatic heterocycles. The minimum atomic E-state index is -0.747. The van der Waals surface area contributed by atoms with Gasteiger partial charge in [0, 0.05) is 44.0 Å². The van der Waals surface area contributed by atoms with E-state index < -0.39 is 11.8 Å². The fourth-order valence-corrected chi connectivity index (χ4v) is 4.92. The number of nitrogens with one attached hydrogen (secondary N) is 2. The van der Waals surface area contributed by atoms with E-state index in [1.165, 1.54) is 0 Å². The van der Waals surface area contributed by atoms with Crippen molar-refractivity contribution in [1.82, 2.24) is 19.8 Å². The first-order valence-electron chi connectivity index (χ1n) is 11.4. The van der Waals surface area contributed by atoms with Crippen LogP contribution in [-0.4, -0.2) is 64.3 Å². The third-order valence-electron chi connectivity index (χ3n) is 6.34. The van der Waals surface area contributed by atoms with Gasteiger partial charge in [-0.05, 0) is 68.3 Å². The average Bonchev–Trinajstić information content (AvgIpc) is 3.46. The van der Waals surface area contributed by atoms with E-state index in [0.29, 0.717) is 48.9 Å². The predicted octanol–water partition coefficient (Wildman–Crippen LogP) is 1.89. The molecule has 0 atom stereocenters. The molecule has 2 aliphatic rings. The summed E-state index contributed by atoms with van der Waals surface area (Å²) in [5.74, 6) is -1.25. The Morgan fingerprint density at radius 1 is 1.12 bits per heavy atom. The highest BCUT2D eigenvalue weighted by Gasteiger charge is 2.27. The van der Waals surface area contributed by atoms with Crippen LogP contribution >= 0.6 is 11.5 Å². The van der Waals surface area contributed by atoms with Crippen molar-refractivity contribution in [2.45, 2.75) is 39.5 Å². The molecule has 11 heteroatoms. The summed E-state index contributed by atoms with van der Waals surface area (Å²) in [6.07, 6.45) is 2.81. The van der Waals surface area contributed by atoms with E-state index in [0.717, 1.165) is 42.0 Å². The molecule has 0 aliphatic carbocycles. The molecule has 4 rings (SSSR count). The van der Waals surface area contributed by atoms with Gasteiger partial charge >= 0.3 is 11.8 Å². The Morgan fingerprint density at radius 3 is 2.53 bits per heavy atom. The van der Waals surface area contributed by atoms with Crippen LogP contribution in [0.5, 0.6) is 0 Å². The molecule has 34 heavy (non-hydrogen) atoms. The van der Waals surface area contributed by atoms with E-state index in [2.05, 4.69) is 20.2 Å². The summed E-state index contributed by atoms with van der Waals surface area (Å²) in [6.45, 7) is 5.88. The second kappa shape index (κ2) is 10.3. The topological polar surface area (TPSA) is 125 Å². The van der Waals surface area contributed by atoms with Gasteiger partial charge in [-0.25, -0.2) is 0 Å². The quantitative estimate of drug-likeness (QED) is 0.625. The second-order valence-corrected chi connectivity index (χ2v) is 9.49. The summed E-state index contributed by atoms with van der Waals surface area (Å²) < 4.78 is 3.82. The van der Waals surface area contributed by atoms with Crippen molar-refractivity contribution in [3.63, 3.8) is 0 Å². The molecule has 0 saturated carbocycles. The van der Waals surface area contributed by atoms with Gasteiger partial charge in [-0.1, -0.05) is 10.6 Å². The SMILES string of the molecule is Cc1ccc(NC(=O)C(=O)NCC2CCN(C(=O)c3snnc3C)CC2)cc1N1CCCC1=O. The number of likely N-dealkylation sites (tertiary alicyclic amines) is 1. The number of piperidine rings is 1. The van der Waals surface area contributed by atoms with Crippen molar-refractivity contribution in [2.75, 3.05) is 36.4 Å². The van der Waals surface area contributed by atoms with E-state index in [1.54, 1.807) is 28.9 Å². The van der Waals surface area contributed by atoms with E-state index in [-0.39, 0.29) is 17.7 Å². The third-order valence-corrected chi connectivity index (χ3v) is 7.15. The monoisotopic (exact) mass is 484 g/mol. The average molecular weight is 485 g/mol. The van der Waals surface area contributed by atoms with Gasteiger partial charge in [0.1, 0.15) is 4.88 Å². The zero-order chi connectivity index (χ0) is 24.2. The Kier molecular flexibility index (Phi) is 7.20. The van der Waals surface area contributed by atoms with Crippen molar-refractivity contribution >= 4 is 46.5 Å². The summed E-state index contributed by atoms with van der Waals surface area (Å²) in [6, 6.07) is 5.28. The van der Waals surface area contributed by atoms with Crippen molar-refractivity contribution in [3.8, 4) is 0 Å².